The van der Waals surface area contributed by atoms with E-state index in [0.29, 0.717) is 14.1 Å². The van der Waals surface area contributed by atoms with Gasteiger partial charge in [-0.3, -0.25) is 4.79 Å². The molecule has 0 radical (unpaired) electrons. The highest BCUT2D eigenvalue weighted by Crippen LogP contribution is 2.35. The number of carbonyl (C=O) groups is 2. The first-order valence-electron chi connectivity index (χ1n) is 8.15. The molecule has 0 aliphatic heterocycles. The van der Waals surface area contributed by atoms with Crippen LogP contribution in [-0.2, 0) is 0 Å². The van der Waals surface area contributed by atoms with Crippen molar-refractivity contribution in [3.63, 3.8) is 0 Å². The molecule has 7 nitrogen and oxygen atoms in total. The van der Waals surface area contributed by atoms with Gasteiger partial charge >= 0.3 is 5.97 Å². The number of carboxylic acid groups (broad SMARTS) is 1. The highest BCUT2D eigenvalue weighted by molar-refractivity contribution is 9.10. The number of anilines is 1. The van der Waals surface area contributed by atoms with Gasteiger partial charge in [0.05, 0.1) is 21.3 Å². The van der Waals surface area contributed by atoms with E-state index in [0.717, 1.165) is 0 Å². The summed E-state index contributed by atoms with van der Waals surface area (Å²) in [6, 6.07) is 7.71. The van der Waals surface area contributed by atoms with Crippen molar-refractivity contribution in [1.82, 2.24) is 14.8 Å². The normalized spacial score (nSPS) is 10.8. The molecule has 0 fully saturated rings. The largest absolute Gasteiger partial charge is 0.478 e. The van der Waals surface area contributed by atoms with Crippen LogP contribution in [0.1, 0.15) is 27.8 Å². The second kappa shape index (κ2) is 8.83. The Kier molecular flexibility index (Phi) is 6.62. The number of aromatic nitrogens is 3. The van der Waals surface area contributed by atoms with Gasteiger partial charge in [-0.25, -0.2) is 14.5 Å². The summed E-state index contributed by atoms with van der Waals surface area (Å²) in [5.74, 6) is -1.46. The standard InChI is InChI=1S/C18H12Br2Cl2N4O3/c1-2-25(15-10(18(28)29)6-9(19)7-12(15)22)17(27)13-8-14(20)24-26(13)16-11(21)4-3-5-23-16/h3-8H,2H2,1H3,(H,28,29). The highest BCUT2D eigenvalue weighted by Gasteiger charge is 2.28. The summed E-state index contributed by atoms with van der Waals surface area (Å²) in [7, 11) is 0. The van der Waals surface area contributed by atoms with Crippen molar-refractivity contribution < 1.29 is 14.7 Å². The molecule has 2 aromatic heterocycles. The number of rotatable bonds is 5. The second-order valence-corrected chi connectivity index (χ2v) is 8.25. The predicted octanol–water partition coefficient (Wildman–Crippen LogP) is 5.46. The van der Waals surface area contributed by atoms with E-state index in [1.54, 1.807) is 19.1 Å². The van der Waals surface area contributed by atoms with Crippen LogP contribution < -0.4 is 4.90 Å². The van der Waals surface area contributed by atoms with Crippen LogP contribution in [0.25, 0.3) is 5.82 Å². The summed E-state index contributed by atoms with van der Waals surface area (Å²) in [6.07, 6.45) is 1.52. The Labute approximate surface area is 192 Å². The quantitative estimate of drug-likeness (QED) is 0.446. The molecule has 0 aliphatic carbocycles. The van der Waals surface area contributed by atoms with Gasteiger partial charge in [-0.2, -0.15) is 5.10 Å². The van der Waals surface area contributed by atoms with Gasteiger partial charge in [-0.05, 0) is 47.1 Å². The number of benzene rings is 1. The lowest BCUT2D eigenvalue weighted by molar-refractivity contribution is 0.0697. The third-order valence-electron chi connectivity index (χ3n) is 3.93. The van der Waals surface area contributed by atoms with Crippen molar-refractivity contribution in [2.75, 3.05) is 11.4 Å². The fourth-order valence-electron chi connectivity index (χ4n) is 2.74. The molecule has 1 aromatic carbocycles. The monoisotopic (exact) mass is 560 g/mol. The van der Waals surface area contributed by atoms with Crippen LogP contribution in [-0.4, -0.2) is 38.3 Å². The number of aromatic carboxylic acids is 1. The van der Waals surface area contributed by atoms with Crippen LogP contribution >= 0.6 is 55.1 Å². The fraction of sp³-hybridized carbons (Fsp3) is 0.111. The van der Waals surface area contributed by atoms with Crippen LogP contribution in [0.15, 0.2) is 45.6 Å². The Morgan fingerprint density at radius 1 is 1.21 bits per heavy atom. The molecule has 0 spiro atoms. The minimum Gasteiger partial charge on any atom is -0.478 e. The van der Waals surface area contributed by atoms with Crippen molar-refractivity contribution in [2.24, 2.45) is 0 Å². The predicted molar refractivity (Wildman–Crippen MR) is 118 cm³/mol. The van der Waals surface area contributed by atoms with E-state index in [2.05, 4.69) is 41.9 Å². The van der Waals surface area contributed by atoms with Gasteiger partial charge in [0, 0.05) is 23.3 Å². The van der Waals surface area contributed by atoms with E-state index in [9.17, 15) is 14.7 Å². The Morgan fingerprint density at radius 3 is 2.55 bits per heavy atom. The molecule has 0 unspecified atom stereocenters. The number of halogens is 4. The third-order valence-corrected chi connectivity index (χ3v) is 5.36. The van der Waals surface area contributed by atoms with E-state index in [1.807, 2.05) is 0 Å². The maximum atomic E-state index is 13.4. The van der Waals surface area contributed by atoms with Crippen molar-refractivity contribution >= 4 is 72.6 Å². The first-order chi connectivity index (χ1) is 13.7. The number of carbonyl (C=O) groups excluding carboxylic acids is 1. The molecule has 3 rings (SSSR count). The fourth-order valence-corrected chi connectivity index (χ4v) is 4.23. The van der Waals surface area contributed by atoms with E-state index in [-0.39, 0.29) is 34.3 Å². The molecule has 29 heavy (non-hydrogen) atoms. The highest BCUT2D eigenvalue weighted by atomic mass is 79.9. The lowest BCUT2D eigenvalue weighted by Gasteiger charge is -2.24. The first kappa shape index (κ1) is 21.8. The van der Waals surface area contributed by atoms with Crippen molar-refractivity contribution in [3.8, 4) is 5.82 Å². The van der Waals surface area contributed by atoms with Crippen molar-refractivity contribution in [3.05, 3.63) is 66.9 Å². The molecule has 1 N–H and O–H groups in total. The number of hydrogen-bond donors (Lipinski definition) is 1. The minimum atomic E-state index is -1.21. The molecule has 0 atom stereocenters. The Morgan fingerprint density at radius 2 is 1.93 bits per heavy atom. The average Bonchev–Trinajstić information content (AvgIpc) is 3.05. The van der Waals surface area contributed by atoms with Gasteiger partial charge in [-0.1, -0.05) is 39.1 Å². The van der Waals surface area contributed by atoms with Crippen LogP contribution in [0, 0.1) is 0 Å². The molecule has 150 valence electrons. The molecule has 3 aromatic rings. The van der Waals surface area contributed by atoms with Crippen LogP contribution in [0.2, 0.25) is 10.0 Å². The molecular weight excluding hydrogens is 551 g/mol. The SMILES string of the molecule is CCN(C(=O)c1cc(Br)nn1-c1ncccc1Cl)c1c(Cl)cc(Br)cc1C(=O)O. The second-order valence-electron chi connectivity index (χ2n) is 5.71. The minimum absolute atomic E-state index is 0.0888. The molecule has 0 aliphatic rings. The van der Waals surface area contributed by atoms with Gasteiger partial charge in [0.15, 0.2) is 5.82 Å². The molecule has 11 heteroatoms. The summed E-state index contributed by atoms with van der Waals surface area (Å²) in [4.78, 5) is 30.7. The van der Waals surface area contributed by atoms with Crippen molar-refractivity contribution in [1.29, 1.82) is 0 Å². The van der Waals surface area contributed by atoms with Gasteiger partial charge in [0.2, 0.25) is 0 Å². The number of amides is 1. The summed E-state index contributed by atoms with van der Waals surface area (Å²) in [5.41, 5.74) is 0.112. The lowest BCUT2D eigenvalue weighted by atomic mass is 10.1. The van der Waals surface area contributed by atoms with Crippen LogP contribution in [0.5, 0.6) is 0 Å². The lowest BCUT2D eigenvalue weighted by Crippen LogP contribution is -2.34. The number of hydrogen-bond acceptors (Lipinski definition) is 4. The average molecular weight is 563 g/mol. The number of pyridine rings is 1. The Bertz CT molecular complexity index is 1120. The Hall–Kier alpha value is -1.94. The summed E-state index contributed by atoms with van der Waals surface area (Å²) in [6.45, 7) is 1.88. The first-order valence-corrected chi connectivity index (χ1v) is 10.5. The molecule has 0 bridgehead atoms. The zero-order valence-corrected chi connectivity index (χ0v) is 19.4. The summed E-state index contributed by atoms with van der Waals surface area (Å²) >= 11 is 19.0. The number of carboxylic acids is 1. The van der Waals surface area contributed by atoms with Crippen LogP contribution in [0.3, 0.4) is 0 Å². The van der Waals surface area contributed by atoms with E-state index in [1.165, 1.54) is 34.0 Å². The number of nitrogens with zero attached hydrogens (tertiary/aromatic N) is 4. The Balaban J connectivity index is 2.17. The maximum absolute atomic E-state index is 13.4. The molecule has 2 heterocycles. The topological polar surface area (TPSA) is 88.3 Å². The summed E-state index contributed by atoms with van der Waals surface area (Å²) in [5, 5.41) is 14.3. The van der Waals surface area contributed by atoms with Gasteiger partial charge in [-0.15, -0.1) is 0 Å². The van der Waals surface area contributed by atoms with E-state index >= 15 is 0 Å². The van der Waals surface area contributed by atoms with Crippen LogP contribution in [0.4, 0.5) is 5.69 Å². The van der Waals surface area contributed by atoms with E-state index in [4.69, 9.17) is 23.2 Å². The van der Waals surface area contributed by atoms with Crippen molar-refractivity contribution in [2.45, 2.75) is 6.92 Å². The molecule has 1 amide bonds. The smallest absolute Gasteiger partial charge is 0.337 e. The molecule has 0 saturated carbocycles. The summed E-state index contributed by atoms with van der Waals surface area (Å²) < 4.78 is 2.17. The zero-order chi connectivity index (χ0) is 21.3. The molecule has 0 saturated heterocycles. The van der Waals surface area contributed by atoms with E-state index < -0.39 is 11.9 Å². The maximum Gasteiger partial charge on any atom is 0.337 e. The third kappa shape index (κ3) is 4.32. The molecular formula is C18H12Br2Cl2N4O3. The van der Waals surface area contributed by atoms with Gasteiger partial charge < -0.3 is 10.0 Å². The van der Waals surface area contributed by atoms with Gasteiger partial charge in [0.1, 0.15) is 10.3 Å². The zero-order valence-electron chi connectivity index (χ0n) is 14.7. The van der Waals surface area contributed by atoms with Gasteiger partial charge in [0.25, 0.3) is 5.91 Å².